The van der Waals surface area contributed by atoms with Crippen LogP contribution < -0.4 is 30.3 Å². The maximum atomic E-state index is 12.4. The predicted molar refractivity (Wildman–Crippen MR) is 151 cm³/mol. The van der Waals surface area contributed by atoms with Crippen LogP contribution in [0.1, 0.15) is 31.0 Å². The third-order valence-corrected chi connectivity index (χ3v) is 5.98. The average molecular weight is 593 g/mol. The lowest BCUT2D eigenvalue weighted by Gasteiger charge is -2.28. The number of hydrazone groups is 1. The van der Waals surface area contributed by atoms with Crippen LogP contribution in [0, 0.1) is 0 Å². The molecule has 2 aromatic carbocycles. The van der Waals surface area contributed by atoms with Gasteiger partial charge in [-0.2, -0.15) is 5.10 Å². The number of nitrogens with one attached hydrogen (secondary N) is 3. The van der Waals surface area contributed by atoms with E-state index in [2.05, 4.69) is 27.7 Å². The van der Waals surface area contributed by atoms with Crippen molar-refractivity contribution >= 4 is 41.4 Å². The Labute approximate surface area is 241 Å². The summed E-state index contributed by atoms with van der Waals surface area (Å²) in [5.41, 5.74) is 4.27. The first-order chi connectivity index (χ1) is 19.2. The molecule has 214 valence electrons. The Hall–Kier alpha value is -3.93. The van der Waals surface area contributed by atoms with Gasteiger partial charge in [0.15, 0.2) is 17.7 Å². The van der Waals surface area contributed by atoms with E-state index in [-0.39, 0.29) is 18.8 Å². The van der Waals surface area contributed by atoms with Gasteiger partial charge in [-0.3, -0.25) is 5.43 Å². The van der Waals surface area contributed by atoms with Crippen LogP contribution in [0.25, 0.3) is 0 Å². The van der Waals surface area contributed by atoms with Crippen LogP contribution in [0.5, 0.6) is 17.2 Å². The summed E-state index contributed by atoms with van der Waals surface area (Å²) in [6, 6.07) is 6.88. The highest BCUT2D eigenvalue weighted by atomic mass is 35.5. The Kier molecular flexibility index (Phi) is 11.1. The maximum Gasteiger partial charge on any atom is 0.337 e. The standard InChI is InChI=1S/C27H30Cl2N4O7/c1-5-9-39-25-17(10-18(28)12-19(25)29)13-30-33-22(34)14-40-20-8-7-16(11-21(20)38-6-2)24-23(26(35)37-4)15(3)31-27(36)32-24/h5,7-8,10-13,22,24,33-34H,1,6,9,14H2,2-4H3,(H2,31,32,36)/b30-13+/t22-,24-/m0/s1. The van der Waals surface area contributed by atoms with Crippen molar-refractivity contribution in [3.05, 3.63) is 75.4 Å². The van der Waals surface area contributed by atoms with Crippen LogP contribution in [0.2, 0.25) is 10.0 Å². The number of halogens is 2. The molecule has 0 saturated heterocycles. The molecule has 1 aliphatic rings. The molecule has 3 rings (SSSR count). The topological polar surface area (TPSA) is 140 Å². The Morgan fingerprint density at radius 3 is 2.70 bits per heavy atom. The number of hydrogen-bond donors (Lipinski definition) is 4. The molecule has 0 aliphatic carbocycles. The van der Waals surface area contributed by atoms with Crippen LogP contribution in [-0.4, -0.2) is 56.5 Å². The fourth-order valence-corrected chi connectivity index (χ4v) is 4.35. The molecule has 0 aromatic heterocycles. The van der Waals surface area contributed by atoms with E-state index < -0.39 is 24.3 Å². The average Bonchev–Trinajstić information content (AvgIpc) is 2.91. The van der Waals surface area contributed by atoms with Gasteiger partial charge in [0.25, 0.3) is 0 Å². The normalized spacial score (nSPS) is 15.7. The molecule has 2 amide bonds. The molecule has 2 aromatic rings. The van der Waals surface area contributed by atoms with E-state index in [1.165, 1.54) is 13.3 Å². The number of carbonyl (C=O) groups excluding carboxylic acids is 2. The summed E-state index contributed by atoms with van der Waals surface area (Å²) < 4.78 is 22.0. The van der Waals surface area contributed by atoms with Gasteiger partial charge in [0, 0.05) is 16.3 Å². The van der Waals surface area contributed by atoms with E-state index >= 15 is 0 Å². The second kappa shape index (κ2) is 14.5. The Balaban J connectivity index is 1.72. The second-order valence-electron chi connectivity index (χ2n) is 8.32. The minimum Gasteiger partial charge on any atom is -0.490 e. The molecular formula is C27H30Cl2N4O7. The minimum atomic E-state index is -1.20. The van der Waals surface area contributed by atoms with Crippen LogP contribution in [0.15, 0.2) is 59.4 Å². The van der Waals surface area contributed by atoms with E-state index in [0.29, 0.717) is 50.7 Å². The highest BCUT2D eigenvalue weighted by molar-refractivity contribution is 6.36. The molecule has 0 radical (unpaired) electrons. The third-order valence-electron chi connectivity index (χ3n) is 5.48. The van der Waals surface area contributed by atoms with Crippen molar-refractivity contribution in [3.63, 3.8) is 0 Å². The molecule has 0 fully saturated rings. The fourth-order valence-electron chi connectivity index (χ4n) is 3.79. The minimum absolute atomic E-state index is 0.191. The molecule has 0 spiro atoms. The lowest BCUT2D eigenvalue weighted by atomic mass is 9.95. The molecule has 0 unspecified atom stereocenters. The number of nitrogens with zero attached hydrogens (tertiary/aromatic N) is 1. The van der Waals surface area contributed by atoms with E-state index in [9.17, 15) is 14.7 Å². The number of allylic oxidation sites excluding steroid dienone is 1. The summed E-state index contributed by atoms with van der Waals surface area (Å²) in [4.78, 5) is 24.5. The van der Waals surface area contributed by atoms with Gasteiger partial charge in [0.1, 0.15) is 19.0 Å². The molecule has 0 bridgehead atoms. The Morgan fingerprint density at radius 2 is 2.00 bits per heavy atom. The first kappa shape index (κ1) is 30.6. The zero-order chi connectivity index (χ0) is 29.2. The molecule has 2 atom stereocenters. The van der Waals surface area contributed by atoms with Gasteiger partial charge in [-0.25, -0.2) is 9.59 Å². The van der Waals surface area contributed by atoms with Crippen LogP contribution in [0.4, 0.5) is 4.79 Å². The Morgan fingerprint density at radius 1 is 1.23 bits per heavy atom. The number of aliphatic hydroxyl groups excluding tert-OH is 1. The first-order valence-electron chi connectivity index (χ1n) is 12.1. The van der Waals surface area contributed by atoms with Crippen LogP contribution >= 0.6 is 23.2 Å². The van der Waals surface area contributed by atoms with E-state index in [1.807, 2.05) is 0 Å². The molecule has 11 nitrogen and oxygen atoms in total. The molecule has 1 heterocycles. The number of methoxy groups -OCH3 is 1. The van der Waals surface area contributed by atoms with E-state index in [0.717, 1.165) is 0 Å². The molecule has 1 aliphatic heterocycles. The van der Waals surface area contributed by atoms with Gasteiger partial charge < -0.3 is 34.7 Å². The number of carbonyl (C=O) groups is 2. The lowest BCUT2D eigenvalue weighted by molar-refractivity contribution is -0.136. The molecule has 40 heavy (non-hydrogen) atoms. The van der Waals surface area contributed by atoms with Crippen molar-refractivity contribution in [2.75, 3.05) is 26.9 Å². The van der Waals surface area contributed by atoms with Gasteiger partial charge in [-0.05, 0) is 43.7 Å². The van der Waals surface area contributed by atoms with Crippen molar-refractivity contribution in [3.8, 4) is 17.2 Å². The zero-order valence-electron chi connectivity index (χ0n) is 22.1. The SMILES string of the molecule is C=CCOc1c(Cl)cc(Cl)cc1/C=N/N[C@@H](O)COc1ccc([C@@H]2NC(=O)NC(C)=C2C(=O)OC)cc1OCC. The highest BCUT2D eigenvalue weighted by Gasteiger charge is 2.32. The number of esters is 1. The zero-order valence-corrected chi connectivity index (χ0v) is 23.6. The van der Waals surface area contributed by atoms with Crippen molar-refractivity contribution < 1.29 is 33.6 Å². The Bertz CT molecular complexity index is 1320. The predicted octanol–water partition coefficient (Wildman–Crippen LogP) is 4.08. The van der Waals surface area contributed by atoms with Crippen molar-refractivity contribution in [2.24, 2.45) is 5.10 Å². The summed E-state index contributed by atoms with van der Waals surface area (Å²) >= 11 is 12.3. The monoisotopic (exact) mass is 592 g/mol. The van der Waals surface area contributed by atoms with Crippen molar-refractivity contribution in [1.82, 2.24) is 16.1 Å². The highest BCUT2D eigenvalue weighted by Crippen LogP contribution is 2.35. The largest absolute Gasteiger partial charge is 0.490 e. The number of amides is 2. The van der Waals surface area contributed by atoms with Crippen molar-refractivity contribution in [2.45, 2.75) is 26.1 Å². The van der Waals surface area contributed by atoms with E-state index in [1.54, 1.807) is 50.3 Å². The molecule has 13 heteroatoms. The van der Waals surface area contributed by atoms with Gasteiger partial charge in [0.05, 0.1) is 36.6 Å². The number of hydrogen-bond acceptors (Lipinski definition) is 9. The van der Waals surface area contributed by atoms with Gasteiger partial charge in [-0.15, -0.1) is 0 Å². The number of benzene rings is 2. The smallest absolute Gasteiger partial charge is 0.337 e. The quantitative estimate of drug-likeness (QED) is 0.0896. The van der Waals surface area contributed by atoms with E-state index in [4.69, 9.17) is 42.1 Å². The second-order valence-corrected chi connectivity index (χ2v) is 9.16. The summed E-state index contributed by atoms with van der Waals surface area (Å²) in [5.74, 6) is 0.470. The first-order valence-corrected chi connectivity index (χ1v) is 12.9. The van der Waals surface area contributed by atoms with Crippen LogP contribution in [0.3, 0.4) is 0 Å². The number of rotatable bonds is 13. The summed E-state index contributed by atoms with van der Waals surface area (Å²) in [7, 11) is 1.27. The third kappa shape index (κ3) is 7.81. The van der Waals surface area contributed by atoms with Gasteiger partial charge in [-0.1, -0.05) is 41.9 Å². The molecular weight excluding hydrogens is 563 g/mol. The lowest BCUT2D eigenvalue weighted by Crippen LogP contribution is -2.45. The van der Waals surface area contributed by atoms with Crippen molar-refractivity contribution in [1.29, 1.82) is 0 Å². The number of aliphatic hydroxyl groups is 1. The molecule has 4 N–H and O–H groups in total. The van der Waals surface area contributed by atoms with Gasteiger partial charge >= 0.3 is 12.0 Å². The fraction of sp³-hybridized carbons (Fsp3) is 0.296. The summed E-state index contributed by atoms with van der Waals surface area (Å²) in [5, 5.41) is 20.4. The van der Waals surface area contributed by atoms with Crippen LogP contribution in [-0.2, 0) is 9.53 Å². The number of urea groups is 1. The maximum absolute atomic E-state index is 12.4. The summed E-state index contributed by atoms with van der Waals surface area (Å²) in [6.07, 6.45) is 1.78. The molecule has 0 saturated carbocycles. The number of ether oxygens (including phenoxy) is 4. The van der Waals surface area contributed by atoms with Gasteiger partial charge in [0.2, 0.25) is 0 Å². The summed E-state index contributed by atoms with van der Waals surface area (Å²) in [6.45, 7) is 7.39.